The molecule has 0 N–H and O–H groups in total. The van der Waals surface area contributed by atoms with E-state index in [4.69, 9.17) is 14.4 Å². The van der Waals surface area contributed by atoms with Gasteiger partial charge >= 0.3 is 0 Å². The molecule has 12 aromatic rings. The quantitative estimate of drug-likeness (QED) is 0.130. The van der Waals surface area contributed by atoms with Gasteiger partial charge < -0.3 is 4.42 Å². The summed E-state index contributed by atoms with van der Waals surface area (Å²) in [6.45, 7) is 0. The van der Waals surface area contributed by atoms with Gasteiger partial charge in [-0.2, -0.15) is 0 Å². The average Bonchev–Trinajstić information content (AvgIpc) is 3.69. The molecule has 0 aliphatic rings. The zero-order chi connectivity index (χ0) is 38.9. The zero-order valence-corrected chi connectivity index (χ0v) is 31.9. The van der Waals surface area contributed by atoms with E-state index in [9.17, 15) is 0 Å². The summed E-state index contributed by atoms with van der Waals surface area (Å²) in [6, 6.07) is 73.6. The monoisotopic (exact) mass is 750 g/mol. The van der Waals surface area contributed by atoms with Crippen LogP contribution >= 0.6 is 0 Å². The van der Waals surface area contributed by atoms with Gasteiger partial charge in [0.1, 0.15) is 11.2 Å². The fourth-order valence-corrected chi connectivity index (χ4v) is 8.89. The van der Waals surface area contributed by atoms with E-state index >= 15 is 0 Å². The lowest BCUT2D eigenvalue weighted by atomic mass is 9.89. The van der Waals surface area contributed by atoms with Crippen molar-refractivity contribution in [1.29, 1.82) is 0 Å². The maximum absolute atomic E-state index is 6.26. The largest absolute Gasteiger partial charge is 0.456 e. The highest BCUT2D eigenvalue weighted by Gasteiger charge is 2.15. The molecule has 0 radical (unpaired) electrons. The number of hydrogen-bond acceptors (Lipinski definition) is 3. The summed E-state index contributed by atoms with van der Waals surface area (Å²) in [7, 11) is 0. The third-order valence-corrected chi connectivity index (χ3v) is 11.8. The molecule has 0 bridgehead atoms. The molecule has 274 valence electrons. The maximum atomic E-state index is 6.26. The standard InChI is InChI=1S/C56H34N2O/c1-2-11-38(12-3-1)56-57-51(34-52(58-56)44-27-28-48-47-16-8-9-17-53(47)59-54(48)33-44)43-25-24-40-30-39(22-23-41(40)31-43)35-18-20-37(21-19-35)55-46-15-7-5-13-42(46)32-50-45-14-6-4-10-36(45)26-29-49(50)55/h1-34H. The highest BCUT2D eigenvalue weighted by molar-refractivity contribution is 6.20. The van der Waals surface area contributed by atoms with Crippen LogP contribution in [-0.2, 0) is 0 Å². The van der Waals surface area contributed by atoms with Gasteiger partial charge in [-0.1, -0.05) is 164 Å². The van der Waals surface area contributed by atoms with Crippen LogP contribution < -0.4 is 0 Å². The molecule has 3 nitrogen and oxygen atoms in total. The molecule has 2 aromatic heterocycles. The second-order valence-electron chi connectivity index (χ2n) is 15.3. The SMILES string of the molecule is c1ccc(-c2nc(-c3ccc4cc(-c5ccc(-c6c7ccccc7cc7c6ccc6ccccc67)cc5)ccc4c3)cc(-c3ccc4c(c3)oc3ccccc34)n2)cc1. The third-order valence-electron chi connectivity index (χ3n) is 11.8. The summed E-state index contributed by atoms with van der Waals surface area (Å²) in [5, 5.41) is 12.2. The van der Waals surface area contributed by atoms with Crippen LogP contribution in [0.4, 0.5) is 0 Å². The molecular weight excluding hydrogens is 717 g/mol. The van der Waals surface area contributed by atoms with Crippen molar-refractivity contribution in [2.45, 2.75) is 0 Å². The Labute approximate surface area is 340 Å². The molecule has 0 fully saturated rings. The van der Waals surface area contributed by atoms with Crippen molar-refractivity contribution >= 4 is 65.0 Å². The van der Waals surface area contributed by atoms with Crippen molar-refractivity contribution in [3.63, 3.8) is 0 Å². The Morgan fingerprint density at radius 3 is 1.64 bits per heavy atom. The maximum Gasteiger partial charge on any atom is 0.160 e. The summed E-state index contributed by atoms with van der Waals surface area (Å²) in [4.78, 5) is 10.2. The van der Waals surface area contributed by atoms with Gasteiger partial charge in [-0.15, -0.1) is 0 Å². The first-order valence-corrected chi connectivity index (χ1v) is 20.0. The van der Waals surface area contributed by atoms with Gasteiger partial charge in [-0.05, 0) is 108 Å². The Kier molecular flexibility index (Phi) is 7.54. The van der Waals surface area contributed by atoms with Crippen molar-refractivity contribution < 1.29 is 4.42 Å². The van der Waals surface area contributed by atoms with Crippen LogP contribution in [0.15, 0.2) is 211 Å². The van der Waals surface area contributed by atoms with Crippen molar-refractivity contribution in [2.75, 3.05) is 0 Å². The van der Waals surface area contributed by atoms with Gasteiger partial charge in [0, 0.05) is 27.5 Å². The minimum absolute atomic E-state index is 0.687. The van der Waals surface area contributed by atoms with E-state index in [1.54, 1.807) is 0 Å². The van der Waals surface area contributed by atoms with E-state index in [1.165, 1.54) is 60.0 Å². The number of rotatable bonds is 5. The molecule has 0 aliphatic heterocycles. The van der Waals surface area contributed by atoms with E-state index in [0.717, 1.165) is 55.4 Å². The number of fused-ring (bicyclic) bond motifs is 8. The zero-order valence-electron chi connectivity index (χ0n) is 31.9. The number of nitrogens with zero attached hydrogens (tertiary/aromatic N) is 2. The Balaban J connectivity index is 0.911. The van der Waals surface area contributed by atoms with Gasteiger partial charge in [-0.3, -0.25) is 0 Å². The van der Waals surface area contributed by atoms with Crippen LogP contribution in [0.25, 0.3) is 121 Å². The minimum atomic E-state index is 0.687. The number of benzene rings is 10. The van der Waals surface area contributed by atoms with Crippen LogP contribution in [-0.4, -0.2) is 9.97 Å². The summed E-state index contributed by atoms with van der Waals surface area (Å²) in [5.41, 5.74) is 11.3. The molecule has 0 unspecified atom stereocenters. The lowest BCUT2D eigenvalue weighted by molar-refractivity contribution is 0.669. The molecule has 0 atom stereocenters. The first-order chi connectivity index (χ1) is 29.2. The molecule has 0 saturated heterocycles. The number of hydrogen-bond donors (Lipinski definition) is 0. The summed E-state index contributed by atoms with van der Waals surface area (Å²) < 4.78 is 6.26. The second kappa shape index (κ2) is 13.4. The smallest absolute Gasteiger partial charge is 0.160 e. The van der Waals surface area contributed by atoms with Crippen molar-refractivity contribution in [3.05, 3.63) is 206 Å². The first-order valence-electron chi connectivity index (χ1n) is 20.0. The Bertz CT molecular complexity index is 3600. The van der Waals surface area contributed by atoms with Gasteiger partial charge in [0.15, 0.2) is 5.82 Å². The third kappa shape index (κ3) is 5.67. The van der Waals surface area contributed by atoms with E-state index in [2.05, 4.69) is 170 Å². The van der Waals surface area contributed by atoms with Gasteiger partial charge in [0.05, 0.1) is 11.4 Å². The van der Waals surface area contributed by atoms with Gasteiger partial charge in [0.25, 0.3) is 0 Å². The van der Waals surface area contributed by atoms with E-state index in [-0.39, 0.29) is 0 Å². The summed E-state index contributed by atoms with van der Waals surface area (Å²) in [5.74, 6) is 0.687. The van der Waals surface area contributed by atoms with Crippen LogP contribution in [0.2, 0.25) is 0 Å². The molecule has 10 aromatic carbocycles. The molecule has 0 saturated carbocycles. The molecule has 3 heteroatoms. The van der Waals surface area contributed by atoms with Gasteiger partial charge in [0.2, 0.25) is 0 Å². The Morgan fingerprint density at radius 1 is 0.271 bits per heavy atom. The normalized spacial score (nSPS) is 11.7. The van der Waals surface area contributed by atoms with E-state index in [1.807, 2.05) is 36.4 Å². The highest BCUT2D eigenvalue weighted by atomic mass is 16.3. The molecule has 2 heterocycles. The van der Waals surface area contributed by atoms with E-state index in [0.29, 0.717) is 5.82 Å². The molecule has 0 aliphatic carbocycles. The minimum Gasteiger partial charge on any atom is -0.456 e. The fourth-order valence-electron chi connectivity index (χ4n) is 8.89. The molecular formula is C56H34N2O. The summed E-state index contributed by atoms with van der Waals surface area (Å²) >= 11 is 0. The lowest BCUT2D eigenvalue weighted by Crippen LogP contribution is -1.96. The predicted molar refractivity (Wildman–Crippen MR) is 247 cm³/mol. The summed E-state index contributed by atoms with van der Waals surface area (Å²) in [6.07, 6.45) is 0. The number of aromatic nitrogens is 2. The Hall–Kier alpha value is -7.88. The highest BCUT2D eigenvalue weighted by Crippen LogP contribution is 2.40. The van der Waals surface area contributed by atoms with Crippen molar-refractivity contribution in [2.24, 2.45) is 0 Å². The predicted octanol–water partition coefficient (Wildman–Crippen LogP) is 15.3. The average molecular weight is 751 g/mol. The lowest BCUT2D eigenvalue weighted by Gasteiger charge is -2.14. The van der Waals surface area contributed by atoms with E-state index < -0.39 is 0 Å². The van der Waals surface area contributed by atoms with Crippen LogP contribution in [0.3, 0.4) is 0 Å². The van der Waals surface area contributed by atoms with Gasteiger partial charge in [-0.25, -0.2) is 9.97 Å². The molecule has 0 spiro atoms. The topological polar surface area (TPSA) is 38.9 Å². The van der Waals surface area contributed by atoms with Crippen LogP contribution in [0.5, 0.6) is 0 Å². The van der Waals surface area contributed by atoms with Crippen molar-refractivity contribution in [1.82, 2.24) is 9.97 Å². The second-order valence-corrected chi connectivity index (χ2v) is 15.3. The van der Waals surface area contributed by atoms with Crippen molar-refractivity contribution in [3.8, 4) is 56.2 Å². The molecule has 59 heavy (non-hydrogen) atoms. The fraction of sp³-hybridized carbons (Fsp3) is 0. The van der Waals surface area contributed by atoms with Crippen LogP contribution in [0.1, 0.15) is 0 Å². The van der Waals surface area contributed by atoms with Crippen LogP contribution in [0, 0.1) is 0 Å². The Morgan fingerprint density at radius 2 is 0.831 bits per heavy atom. The molecule has 0 amide bonds. The number of para-hydroxylation sites is 1. The first kappa shape index (κ1) is 33.3. The number of furan rings is 1. The molecule has 12 rings (SSSR count).